The molecule has 0 radical (unpaired) electrons. The van der Waals surface area contributed by atoms with Gasteiger partial charge in [-0.1, -0.05) is 78.9 Å². The molecule has 0 aliphatic heterocycles. The molecule has 1 aliphatic carbocycles. The van der Waals surface area contributed by atoms with Crippen LogP contribution >= 0.6 is 0 Å². The first-order valence-corrected chi connectivity index (χ1v) is 17.1. The Balaban J connectivity index is 1.49. The topological polar surface area (TPSA) is 84.9 Å². The maximum atomic E-state index is 12.5. The second-order valence-electron chi connectivity index (χ2n) is 12.4. The first-order chi connectivity index (χ1) is 21.4. The second-order valence-corrected chi connectivity index (χ2v) is 14.2. The van der Waals surface area contributed by atoms with E-state index in [1.807, 2.05) is 54.6 Å². The van der Waals surface area contributed by atoms with Gasteiger partial charge in [-0.25, -0.2) is 8.42 Å². The van der Waals surface area contributed by atoms with Gasteiger partial charge in [0, 0.05) is 25.6 Å². The molecule has 0 spiro atoms. The maximum absolute atomic E-state index is 12.5. The van der Waals surface area contributed by atoms with Crippen molar-refractivity contribution in [3.05, 3.63) is 130 Å². The minimum Gasteiger partial charge on any atom is -0.487 e. The summed E-state index contributed by atoms with van der Waals surface area (Å²) in [5.41, 5.74) is 8.12. The van der Waals surface area contributed by atoms with E-state index in [1.165, 1.54) is 29.2 Å². The van der Waals surface area contributed by atoms with E-state index in [1.54, 1.807) is 12.1 Å². The number of hydrogen-bond donors (Lipinski definition) is 1. The molecule has 0 saturated carbocycles. The van der Waals surface area contributed by atoms with E-state index in [-0.39, 0.29) is 12.1 Å². The Labute approximate surface area is 267 Å². The minimum absolute atomic E-state index is 0.233. The van der Waals surface area contributed by atoms with Gasteiger partial charge in [0.15, 0.2) is 0 Å². The van der Waals surface area contributed by atoms with Gasteiger partial charge in [0.05, 0.1) is 11.9 Å². The molecule has 0 unspecified atom stereocenters. The largest absolute Gasteiger partial charge is 0.487 e. The van der Waals surface area contributed by atoms with Crippen molar-refractivity contribution in [3.8, 4) is 5.75 Å². The van der Waals surface area contributed by atoms with Crippen molar-refractivity contribution >= 4 is 21.7 Å². The van der Waals surface area contributed by atoms with Crippen LogP contribution in [0.3, 0.4) is 0 Å². The quantitative estimate of drug-likeness (QED) is 0.172. The SMILES string of the molecule is CC(=O)O[C@@H](CN(Cc1ccccc1)C1(C)Cc2cc(C)c(C)cc2C1)c1ccc(OCc2ccccc2)c(NS(C)(=O)=O)c1. The van der Waals surface area contributed by atoms with Crippen LogP contribution < -0.4 is 9.46 Å². The van der Waals surface area contributed by atoms with Crippen LogP contribution in [0, 0.1) is 13.8 Å². The van der Waals surface area contributed by atoms with Crippen LogP contribution in [0.15, 0.2) is 91.0 Å². The molecule has 4 aromatic rings. The number of nitrogens with zero attached hydrogens (tertiary/aromatic N) is 1. The van der Waals surface area contributed by atoms with Crippen LogP contribution in [-0.4, -0.2) is 37.6 Å². The lowest BCUT2D eigenvalue weighted by atomic mass is 9.93. The van der Waals surface area contributed by atoms with Gasteiger partial charge in [-0.2, -0.15) is 0 Å². The molecule has 1 N–H and O–H groups in total. The van der Waals surface area contributed by atoms with Crippen LogP contribution in [0.1, 0.15) is 58.9 Å². The van der Waals surface area contributed by atoms with Crippen molar-refractivity contribution in [2.75, 3.05) is 17.5 Å². The Morgan fingerprint density at radius 3 is 2.02 bits per heavy atom. The smallest absolute Gasteiger partial charge is 0.303 e. The zero-order valence-electron chi connectivity index (χ0n) is 26.7. The van der Waals surface area contributed by atoms with Crippen LogP contribution in [-0.2, 0) is 45.5 Å². The number of sulfonamides is 1. The predicted molar refractivity (Wildman–Crippen MR) is 179 cm³/mol. The Bertz CT molecular complexity index is 1730. The van der Waals surface area contributed by atoms with Crippen molar-refractivity contribution in [2.24, 2.45) is 0 Å². The van der Waals surface area contributed by atoms with Gasteiger partial charge in [0.1, 0.15) is 18.5 Å². The summed E-state index contributed by atoms with van der Waals surface area (Å²) in [6.45, 7) is 9.34. The number of rotatable bonds is 12. The van der Waals surface area contributed by atoms with Crippen molar-refractivity contribution in [2.45, 2.75) is 65.3 Å². The average molecular weight is 627 g/mol. The molecular weight excluding hydrogens is 584 g/mol. The number of hydrogen-bond acceptors (Lipinski definition) is 6. The fraction of sp³-hybridized carbons (Fsp3) is 0.324. The Kier molecular flexibility index (Phi) is 9.65. The molecule has 4 aromatic carbocycles. The highest BCUT2D eigenvalue weighted by Crippen LogP contribution is 2.39. The summed E-state index contributed by atoms with van der Waals surface area (Å²) in [7, 11) is -3.62. The lowest BCUT2D eigenvalue weighted by Crippen LogP contribution is -2.48. The molecule has 45 heavy (non-hydrogen) atoms. The first-order valence-electron chi connectivity index (χ1n) is 15.2. The number of ether oxygens (including phenoxy) is 2. The molecule has 0 bridgehead atoms. The summed E-state index contributed by atoms with van der Waals surface area (Å²) in [6.07, 6.45) is 2.19. The molecule has 236 valence electrons. The minimum atomic E-state index is -3.62. The number of nitrogens with one attached hydrogen (secondary N) is 1. The zero-order valence-corrected chi connectivity index (χ0v) is 27.5. The van der Waals surface area contributed by atoms with E-state index in [4.69, 9.17) is 9.47 Å². The number of fused-ring (bicyclic) bond motifs is 1. The third-order valence-corrected chi connectivity index (χ3v) is 9.13. The number of carbonyl (C=O) groups excluding carboxylic acids is 1. The van der Waals surface area contributed by atoms with Gasteiger partial charge in [-0.3, -0.25) is 14.4 Å². The van der Waals surface area contributed by atoms with Crippen molar-refractivity contribution in [1.29, 1.82) is 0 Å². The van der Waals surface area contributed by atoms with E-state index < -0.39 is 22.1 Å². The molecule has 8 heteroatoms. The molecular formula is C37H42N2O5S. The summed E-state index contributed by atoms with van der Waals surface area (Å²) in [5, 5.41) is 0. The number of aryl methyl sites for hydroxylation is 2. The number of anilines is 1. The van der Waals surface area contributed by atoms with E-state index in [0.717, 1.165) is 30.2 Å². The molecule has 1 aliphatic rings. The lowest BCUT2D eigenvalue weighted by molar-refractivity contribution is -0.148. The monoisotopic (exact) mass is 626 g/mol. The Morgan fingerprint density at radius 2 is 1.47 bits per heavy atom. The molecule has 0 fully saturated rings. The lowest BCUT2D eigenvalue weighted by Gasteiger charge is -2.40. The zero-order chi connectivity index (χ0) is 32.2. The second kappa shape index (κ2) is 13.5. The molecule has 7 nitrogen and oxygen atoms in total. The summed E-state index contributed by atoms with van der Waals surface area (Å²) in [4.78, 5) is 14.9. The summed E-state index contributed by atoms with van der Waals surface area (Å²) >= 11 is 0. The van der Waals surface area contributed by atoms with Gasteiger partial charge < -0.3 is 9.47 Å². The van der Waals surface area contributed by atoms with Crippen LogP contribution in [0.4, 0.5) is 5.69 Å². The molecule has 5 rings (SSSR count). The number of carbonyl (C=O) groups is 1. The van der Waals surface area contributed by atoms with Gasteiger partial charge in [-0.05, 0) is 84.7 Å². The highest BCUT2D eigenvalue weighted by molar-refractivity contribution is 7.92. The average Bonchev–Trinajstić information content (AvgIpc) is 3.31. The fourth-order valence-electron chi connectivity index (χ4n) is 6.15. The van der Waals surface area contributed by atoms with Gasteiger partial charge in [-0.15, -0.1) is 0 Å². The molecule has 0 aromatic heterocycles. The van der Waals surface area contributed by atoms with Gasteiger partial charge in [0.2, 0.25) is 10.0 Å². The van der Waals surface area contributed by atoms with Crippen molar-refractivity contribution < 1.29 is 22.7 Å². The molecule has 1 atom stereocenters. The van der Waals surface area contributed by atoms with Crippen molar-refractivity contribution in [3.63, 3.8) is 0 Å². The Morgan fingerprint density at radius 1 is 0.889 bits per heavy atom. The number of benzene rings is 4. The highest BCUT2D eigenvalue weighted by atomic mass is 32.2. The normalized spacial score (nSPS) is 14.5. The molecule has 0 amide bonds. The van der Waals surface area contributed by atoms with Crippen molar-refractivity contribution in [1.82, 2.24) is 4.90 Å². The Hall–Kier alpha value is -4.14. The highest BCUT2D eigenvalue weighted by Gasteiger charge is 2.40. The van der Waals surface area contributed by atoms with E-state index in [9.17, 15) is 13.2 Å². The summed E-state index contributed by atoms with van der Waals surface area (Å²) < 4.78 is 39.4. The third kappa shape index (κ3) is 8.32. The fourth-order valence-corrected chi connectivity index (χ4v) is 6.71. The summed E-state index contributed by atoms with van der Waals surface area (Å²) in [6, 6.07) is 29.9. The summed E-state index contributed by atoms with van der Waals surface area (Å²) in [5.74, 6) is -0.0208. The van der Waals surface area contributed by atoms with Gasteiger partial charge in [0.25, 0.3) is 0 Å². The van der Waals surface area contributed by atoms with E-state index in [0.29, 0.717) is 30.1 Å². The first kappa shape index (κ1) is 32.3. The van der Waals surface area contributed by atoms with Crippen LogP contribution in [0.2, 0.25) is 0 Å². The van der Waals surface area contributed by atoms with Crippen LogP contribution in [0.5, 0.6) is 5.75 Å². The standard InChI is InChI=1S/C37H42N2O5S/c1-26-18-32-21-37(4,22-33(32)19-27(26)2)39(23-29-12-8-6-9-13-29)24-36(44-28(3)40)31-16-17-35(34(20-31)38-45(5,41)42)43-25-30-14-10-7-11-15-30/h6-20,36,38H,21-25H2,1-5H3/t36-/m0/s1. The van der Waals surface area contributed by atoms with Gasteiger partial charge >= 0.3 is 5.97 Å². The van der Waals surface area contributed by atoms with E-state index in [2.05, 4.69) is 54.7 Å². The number of esters is 1. The maximum Gasteiger partial charge on any atom is 0.303 e. The van der Waals surface area contributed by atoms with E-state index >= 15 is 0 Å². The van der Waals surface area contributed by atoms with Crippen LogP contribution in [0.25, 0.3) is 0 Å². The molecule has 0 heterocycles. The third-order valence-electron chi connectivity index (χ3n) is 8.54. The predicted octanol–water partition coefficient (Wildman–Crippen LogP) is 6.92. The molecule has 0 saturated heterocycles.